The first-order valence-electron chi connectivity index (χ1n) is 2.27. The molecular formula is C4H8FN. The normalized spacial score (nSPS) is 34.5. The van der Waals surface area contributed by atoms with Crippen molar-refractivity contribution < 1.29 is 4.39 Å². The summed E-state index contributed by atoms with van der Waals surface area (Å²) in [7, 11) is 0. The lowest BCUT2D eigenvalue weighted by Gasteiger charge is -1.90. The van der Waals surface area contributed by atoms with E-state index in [4.69, 9.17) is 0 Å². The molecule has 0 spiro atoms. The topological polar surface area (TPSA) is 12.0 Å². The number of hydrogen-bond acceptors (Lipinski definition) is 1. The van der Waals surface area contributed by atoms with Crippen LogP contribution in [0.5, 0.6) is 0 Å². The van der Waals surface area contributed by atoms with Gasteiger partial charge in [-0.25, -0.2) is 4.39 Å². The van der Waals surface area contributed by atoms with E-state index < -0.39 is 6.30 Å². The summed E-state index contributed by atoms with van der Waals surface area (Å²) in [5.74, 6) is 0. The van der Waals surface area contributed by atoms with Gasteiger partial charge in [0.05, 0.1) is 0 Å². The average Bonchev–Trinajstić information content (AvgIpc) is 1.86. The number of hydrogen-bond donors (Lipinski definition) is 1. The van der Waals surface area contributed by atoms with E-state index in [2.05, 4.69) is 5.32 Å². The maximum absolute atomic E-state index is 11.8. The van der Waals surface area contributed by atoms with Crippen LogP contribution in [-0.2, 0) is 0 Å². The molecule has 1 atom stereocenters. The molecule has 0 aromatic heterocycles. The highest BCUT2D eigenvalue weighted by molar-refractivity contribution is 4.62. The van der Waals surface area contributed by atoms with Crippen LogP contribution < -0.4 is 5.32 Å². The third-order valence-corrected chi connectivity index (χ3v) is 1.00. The second-order valence-corrected chi connectivity index (χ2v) is 1.56. The summed E-state index contributed by atoms with van der Waals surface area (Å²) in [5, 5.41) is 2.65. The van der Waals surface area contributed by atoms with E-state index in [0.717, 1.165) is 13.0 Å². The minimum atomic E-state index is -0.704. The molecule has 0 bridgehead atoms. The van der Waals surface area contributed by atoms with Crippen molar-refractivity contribution in [2.45, 2.75) is 19.1 Å². The second-order valence-electron chi connectivity index (χ2n) is 1.56. The van der Waals surface area contributed by atoms with Crippen LogP contribution in [0.2, 0.25) is 0 Å². The summed E-state index contributed by atoms with van der Waals surface area (Å²) in [5.41, 5.74) is 0. The monoisotopic (exact) mass is 89.1 g/mol. The first kappa shape index (κ1) is 4.06. The fourth-order valence-corrected chi connectivity index (χ4v) is 0.642. The van der Waals surface area contributed by atoms with E-state index in [-0.39, 0.29) is 0 Å². The SMILES string of the molecule is F[C@@H]1CCCN1. The van der Waals surface area contributed by atoms with E-state index in [9.17, 15) is 4.39 Å². The largest absolute Gasteiger partial charge is 0.288 e. The van der Waals surface area contributed by atoms with Crippen molar-refractivity contribution in [1.29, 1.82) is 0 Å². The summed E-state index contributed by atoms with van der Waals surface area (Å²) < 4.78 is 11.8. The van der Waals surface area contributed by atoms with Crippen molar-refractivity contribution in [1.82, 2.24) is 5.32 Å². The number of alkyl halides is 1. The molecule has 0 aromatic carbocycles. The molecule has 1 aliphatic rings. The van der Waals surface area contributed by atoms with Gasteiger partial charge in [-0.1, -0.05) is 0 Å². The fraction of sp³-hybridized carbons (Fsp3) is 1.00. The van der Waals surface area contributed by atoms with Crippen LogP contribution in [0.1, 0.15) is 12.8 Å². The minimum absolute atomic E-state index is 0.704. The van der Waals surface area contributed by atoms with Crippen molar-refractivity contribution >= 4 is 0 Å². The van der Waals surface area contributed by atoms with E-state index in [1.165, 1.54) is 0 Å². The molecule has 0 unspecified atom stereocenters. The van der Waals surface area contributed by atoms with Gasteiger partial charge in [-0.05, 0) is 19.4 Å². The van der Waals surface area contributed by atoms with Crippen LogP contribution in [0.3, 0.4) is 0 Å². The van der Waals surface area contributed by atoms with Crippen molar-refractivity contribution in [2.24, 2.45) is 0 Å². The smallest absolute Gasteiger partial charge is 0.151 e. The van der Waals surface area contributed by atoms with Crippen molar-refractivity contribution in [3.8, 4) is 0 Å². The van der Waals surface area contributed by atoms with Gasteiger partial charge in [-0.3, -0.25) is 5.32 Å². The van der Waals surface area contributed by atoms with E-state index in [0.29, 0.717) is 6.42 Å². The number of halogens is 1. The summed E-state index contributed by atoms with van der Waals surface area (Å²) in [4.78, 5) is 0. The zero-order chi connectivity index (χ0) is 4.41. The van der Waals surface area contributed by atoms with Gasteiger partial charge in [0.15, 0.2) is 6.30 Å². The van der Waals surface area contributed by atoms with Crippen LogP contribution in [-0.4, -0.2) is 12.8 Å². The number of rotatable bonds is 0. The quantitative estimate of drug-likeness (QED) is 0.430. The van der Waals surface area contributed by atoms with Crippen LogP contribution in [0.15, 0.2) is 0 Å². The highest BCUT2D eigenvalue weighted by Gasteiger charge is 2.09. The molecule has 1 nitrogen and oxygen atoms in total. The molecule has 0 aliphatic carbocycles. The molecule has 36 valence electrons. The van der Waals surface area contributed by atoms with Gasteiger partial charge in [-0.2, -0.15) is 0 Å². The lowest BCUT2D eigenvalue weighted by Crippen LogP contribution is -2.14. The third kappa shape index (κ3) is 0.684. The summed E-state index contributed by atoms with van der Waals surface area (Å²) in [6.07, 6.45) is 1.01. The van der Waals surface area contributed by atoms with Gasteiger partial charge in [0.25, 0.3) is 0 Å². The Hall–Kier alpha value is -0.110. The van der Waals surface area contributed by atoms with Gasteiger partial charge in [0, 0.05) is 0 Å². The lowest BCUT2D eigenvalue weighted by molar-refractivity contribution is 0.311. The maximum Gasteiger partial charge on any atom is 0.151 e. The van der Waals surface area contributed by atoms with Gasteiger partial charge < -0.3 is 0 Å². The molecule has 0 radical (unpaired) electrons. The Morgan fingerprint density at radius 2 is 2.50 bits per heavy atom. The summed E-state index contributed by atoms with van der Waals surface area (Å²) in [6, 6.07) is 0. The predicted molar refractivity (Wildman–Crippen MR) is 22.1 cm³/mol. The Kier molecular flexibility index (Phi) is 1.05. The molecule has 0 amide bonds. The molecule has 1 aliphatic heterocycles. The molecule has 2 heteroatoms. The second kappa shape index (κ2) is 1.56. The van der Waals surface area contributed by atoms with Crippen molar-refractivity contribution in [3.63, 3.8) is 0 Å². The zero-order valence-corrected chi connectivity index (χ0v) is 3.58. The fourth-order valence-electron chi connectivity index (χ4n) is 0.642. The van der Waals surface area contributed by atoms with Crippen LogP contribution in [0, 0.1) is 0 Å². The Morgan fingerprint density at radius 1 is 1.67 bits per heavy atom. The van der Waals surface area contributed by atoms with E-state index in [1.807, 2.05) is 0 Å². The summed E-state index contributed by atoms with van der Waals surface area (Å²) >= 11 is 0. The highest BCUT2D eigenvalue weighted by Crippen LogP contribution is 2.03. The van der Waals surface area contributed by atoms with Gasteiger partial charge in [0.1, 0.15) is 0 Å². The van der Waals surface area contributed by atoms with Crippen LogP contribution >= 0.6 is 0 Å². The first-order chi connectivity index (χ1) is 2.89. The molecule has 1 heterocycles. The Morgan fingerprint density at radius 3 is 2.67 bits per heavy atom. The molecule has 0 saturated carbocycles. The van der Waals surface area contributed by atoms with Gasteiger partial charge in [-0.15, -0.1) is 0 Å². The number of nitrogens with one attached hydrogen (secondary N) is 1. The maximum atomic E-state index is 11.8. The first-order valence-corrected chi connectivity index (χ1v) is 2.27. The molecule has 1 fully saturated rings. The Labute approximate surface area is 36.5 Å². The highest BCUT2D eigenvalue weighted by atomic mass is 19.1. The standard InChI is InChI=1S/C4H8FN/c5-4-2-1-3-6-4/h4,6H,1-3H2/t4-/m0/s1. The molecule has 0 aromatic rings. The Balaban J connectivity index is 2.18. The van der Waals surface area contributed by atoms with E-state index in [1.54, 1.807) is 0 Å². The Bertz CT molecular complexity index is 40.8. The van der Waals surface area contributed by atoms with Gasteiger partial charge >= 0.3 is 0 Å². The van der Waals surface area contributed by atoms with Gasteiger partial charge in [0.2, 0.25) is 0 Å². The molecule has 6 heavy (non-hydrogen) atoms. The molecule has 1 rings (SSSR count). The molecular weight excluding hydrogens is 81.0 g/mol. The lowest BCUT2D eigenvalue weighted by atomic mass is 10.4. The minimum Gasteiger partial charge on any atom is -0.288 e. The van der Waals surface area contributed by atoms with Crippen molar-refractivity contribution in [3.05, 3.63) is 0 Å². The molecule has 1 N–H and O–H groups in total. The van der Waals surface area contributed by atoms with E-state index >= 15 is 0 Å². The van der Waals surface area contributed by atoms with Crippen molar-refractivity contribution in [2.75, 3.05) is 6.54 Å². The predicted octanol–water partition coefficient (Wildman–Crippen LogP) is 0.665. The van der Waals surface area contributed by atoms with Crippen LogP contribution in [0.25, 0.3) is 0 Å². The average molecular weight is 89.1 g/mol. The molecule has 1 saturated heterocycles. The zero-order valence-electron chi connectivity index (χ0n) is 3.58. The van der Waals surface area contributed by atoms with Crippen LogP contribution in [0.4, 0.5) is 4.39 Å². The third-order valence-electron chi connectivity index (χ3n) is 1.00. The summed E-state index contributed by atoms with van der Waals surface area (Å²) in [6.45, 7) is 0.862.